The second-order valence-electron chi connectivity index (χ2n) is 7.50. The normalized spacial score (nSPS) is 25.4. The molecule has 5 heteroatoms. The highest BCUT2D eigenvalue weighted by Crippen LogP contribution is 2.43. The Labute approximate surface area is 148 Å². The van der Waals surface area contributed by atoms with Crippen molar-refractivity contribution in [2.75, 3.05) is 0 Å². The van der Waals surface area contributed by atoms with Gasteiger partial charge in [-0.1, -0.05) is 56.4 Å². The fourth-order valence-electron chi connectivity index (χ4n) is 3.17. The monoisotopic (exact) mass is 359 g/mol. The molecule has 1 unspecified atom stereocenters. The molecule has 1 aromatic rings. The van der Waals surface area contributed by atoms with Crippen LogP contribution >= 0.6 is 0 Å². The van der Waals surface area contributed by atoms with Gasteiger partial charge in [-0.3, -0.25) is 0 Å². The Kier molecular flexibility index (Phi) is 4.12. The predicted molar refractivity (Wildman–Crippen MR) is 99.6 cm³/mol. The number of rotatable bonds is 3. The molecule has 25 heavy (non-hydrogen) atoms. The minimum atomic E-state index is -3.67. The second-order valence-corrected chi connectivity index (χ2v) is 9.52. The van der Waals surface area contributed by atoms with Gasteiger partial charge in [0.2, 0.25) is 10.0 Å². The topological polar surface area (TPSA) is 60.2 Å². The molecule has 3 rings (SSSR count). The molecule has 0 heterocycles. The largest absolute Gasteiger partial charge is 0.228 e. The van der Waals surface area contributed by atoms with E-state index < -0.39 is 14.8 Å². The summed E-state index contributed by atoms with van der Waals surface area (Å²) in [6, 6.07) is 6.42. The summed E-state index contributed by atoms with van der Waals surface area (Å²) in [5.74, 6) is -0.271. The maximum atomic E-state index is 13.2. The number of sulfonamides is 1. The summed E-state index contributed by atoms with van der Waals surface area (Å²) in [5.41, 5.74) is 3.83. The molecule has 0 aliphatic heterocycles. The lowest BCUT2D eigenvalue weighted by Crippen LogP contribution is -2.39. The van der Waals surface area contributed by atoms with Gasteiger partial charge in [0.1, 0.15) is 10.6 Å². The van der Waals surface area contributed by atoms with Crippen molar-refractivity contribution in [2.24, 2.45) is 10.6 Å². The molecule has 1 aromatic carbocycles. The molecule has 132 valence electrons. The molecule has 0 saturated heterocycles. The number of halogens is 1. The van der Waals surface area contributed by atoms with Crippen LogP contribution in [0.5, 0.6) is 0 Å². The van der Waals surface area contributed by atoms with Crippen LogP contribution in [0.1, 0.15) is 32.8 Å². The lowest BCUT2D eigenvalue weighted by Gasteiger charge is -2.26. The van der Waals surface area contributed by atoms with Crippen molar-refractivity contribution < 1.29 is 12.8 Å². The number of hydrogen-bond acceptors (Lipinski definition) is 2. The Balaban J connectivity index is 1.98. The summed E-state index contributed by atoms with van der Waals surface area (Å²) in [7, 11) is -3.67. The van der Waals surface area contributed by atoms with E-state index in [2.05, 4.69) is 26.0 Å². The molecule has 0 saturated carbocycles. The highest BCUT2D eigenvalue weighted by molar-refractivity contribution is 7.90. The SMILES string of the molecule is CC1(C)C=C(C2=CCC(C)(S(N)(=O)=O)C=C2)C(c2ccc(F)cc2)=C1. The van der Waals surface area contributed by atoms with Crippen LogP contribution in [0.3, 0.4) is 0 Å². The van der Waals surface area contributed by atoms with Crippen molar-refractivity contribution in [1.29, 1.82) is 0 Å². The number of nitrogens with two attached hydrogens (primary N) is 1. The zero-order valence-electron chi connectivity index (χ0n) is 14.6. The van der Waals surface area contributed by atoms with Gasteiger partial charge < -0.3 is 0 Å². The highest BCUT2D eigenvalue weighted by atomic mass is 32.2. The van der Waals surface area contributed by atoms with Crippen LogP contribution in [-0.4, -0.2) is 13.2 Å². The zero-order valence-corrected chi connectivity index (χ0v) is 15.4. The van der Waals surface area contributed by atoms with E-state index in [1.165, 1.54) is 12.1 Å². The average Bonchev–Trinajstić information content (AvgIpc) is 2.83. The van der Waals surface area contributed by atoms with Crippen molar-refractivity contribution in [1.82, 2.24) is 0 Å². The van der Waals surface area contributed by atoms with Gasteiger partial charge in [-0.2, -0.15) is 0 Å². The molecule has 1 atom stereocenters. The van der Waals surface area contributed by atoms with E-state index in [0.717, 1.165) is 22.3 Å². The van der Waals surface area contributed by atoms with E-state index in [1.807, 2.05) is 12.2 Å². The summed E-state index contributed by atoms with van der Waals surface area (Å²) in [6.45, 7) is 5.83. The third-order valence-corrected chi connectivity index (χ3v) is 6.38. The summed E-state index contributed by atoms with van der Waals surface area (Å²) in [5, 5.41) is 5.35. The van der Waals surface area contributed by atoms with Crippen LogP contribution in [0.2, 0.25) is 0 Å². The molecule has 0 radical (unpaired) electrons. The van der Waals surface area contributed by atoms with Gasteiger partial charge in [0.15, 0.2) is 0 Å². The molecule has 2 N–H and O–H groups in total. The second kappa shape index (κ2) is 5.78. The van der Waals surface area contributed by atoms with Crippen molar-refractivity contribution >= 4 is 15.6 Å². The van der Waals surface area contributed by atoms with E-state index in [1.54, 1.807) is 25.1 Å². The van der Waals surface area contributed by atoms with Gasteiger partial charge in [-0.15, -0.1) is 0 Å². The Bertz CT molecular complexity index is 934. The number of benzene rings is 1. The lowest BCUT2D eigenvalue weighted by atomic mass is 9.89. The molecular weight excluding hydrogens is 337 g/mol. The highest BCUT2D eigenvalue weighted by Gasteiger charge is 2.35. The van der Waals surface area contributed by atoms with Crippen LogP contribution in [0.15, 0.2) is 65.8 Å². The number of hydrogen-bond donors (Lipinski definition) is 1. The molecular formula is C20H22FNO2S. The number of allylic oxidation sites excluding steroid dienone is 7. The first kappa shape index (κ1) is 17.8. The van der Waals surface area contributed by atoms with E-state index in [4.69, 9.17) is 5.14 Å². The summed E-state index contributed by atoms with van der Waals surface area (Å²) in [6.07, 6.45) is 10.0. The molecule has 2 aliphatic rings. The number of primary sulfonamides is 1. The molecule has 0 bridgehead atoms. The van der Waals surface area contributed by atoms with Crippen LogP contribution in [0.4, 0.5) is 4.39 Å². The smallest absolute Gasteiger partial charge is 0.218 e. The van der Waals surface area contributed by atoms with Crippen LogP contribution in [0.25, 0.3) is 5.57 Å². The Hall–Kier alpha value is -1.98. The Morgan fingerprint density at radius 2 is 1.64 bits per heavy atom. The fraction of sp³-hybridized carbons (Fsp3) is 0.300. The Morgan fingerprint density at radius 1 is 1.04 bits per heavy atom. The summed E-state index contributed by atoms with van der Waals surface area (Å²) < 4.78 is 35.8. The molecule has 2 aliphatic carbocycles. The average molecular weight is 359 g/mol. The quantitative estimate of drug-likeness (QED) is 0.883. The summed E-state index contributed by atoms with van der Waals surface area (Å²) >= 11 is 0. The first-order chi connectivity index (χ1) is 11.5. The van der Waals surface area contributed by atoms with Gasteiger partial charge in [0.05, 0.1) is 0 Å². The summed E-state index contributed by atoms with van der Waals surface area (Å²) in [4.78, 5) is 0. The van der Waals surface area contributed by atoms with Crippen molar-refractivity contribution in [3.8, 4) is 0 Å². The van der Waals surface area contributed by atoms with Gasteiger partial charge in [-0.05, 0) is 47.8 Å². The van der Waals surface area contributed by atoms with Gasteiger partial charge in [0.25, 0.3) is 0 Å². The van der Waals surface area contributed by atoms with Crippen molar-refractivity contribution in [2.45, 2.75) is 31.9 Å². The maximum absolute atomic E-state index is 13.2. The molecule has 0 amide bonds. The van der Waals surface area contributed by atoms with E-state index in [-0.39, 0.29) is 11.2 Å². The van der Waals surface area contributed by atoms with Crippen LogP contribution in [-0.2, 0) is 10.0 Å². The first-order valence-electron chi connectivity index (χ1n) is 8.15. The van der Waals surface area contributed by atoms with Gasteiger partial charge in [-0.25, -0.2) is 17.9 Å². The standard InChI is InChI=1S/C20H22FNO2S/c1-19(2)12-17(14-4-6-16(21)7-5-14)18(13-19)15-8-10-20(3,11-9-15)25(22,23)24/h4-10,12-13H,11H2,1-3H3,(H2,22,23,24). The molecule has 0 spiro atoms. The molecule has 3 nitrogen and oxygen atoms in total. The first-order valence-corrected chi connectivity index (χ1v) is 9.70. The molecule has 0 fully saturated rings. The van der Waals surface area contributed by atoms with Gasteiger partial charge >= 0.3 is 0 Å². The third kappa shape index (κ3) is 3.39. The lowest BCUT2D eigenvalue weighted by molar-refractivity contribution is 0.564. The van der Waals surface area contributed by atoms with E-state index in [0.29, 0.717) is 6.42 Å². The van der Waals surface area contributed by atoms with Crippen molar-refractivity contribution in [3.63, 3.8) is 0 Å². The maximum Gasteiger partial charge on any atom is 0.218 e. The Morgan fingerprint density at radius 3 is 2.16 bits per heavy atom. The molecule has 0 aromatic heterocycles. The minimum absolute atomic E-state index is 0.131. The van der Waals surface area contributed by atoms with Crippen LogP contribution in [0, 0.1) is 11.2 Å². The zero-order chi connectivity index (χ0) is 18.5. The van der Waals surface area contributed by atoms with Crippen LogP contribution < -0.4 is 5.14 Å². The third-order valence-electron chi connectivity index (χ3n) is 4.78. The van der Waals surface area contributed by atoms with Gasteiger partial charge in [0, 0.05) is 5.41 Å². The minimum Gasteiger partial charge on any atom is -0.228 e. The fourth-order valence-corrected chi connectivity index (χ4v) is 3.75. The van der Waals surface area contributed by atoms with E-state index in [9.17, 15) is 12.8 Å². The van der Waals surface area contributed by atoms with Crippen molar-refractivity contribution in [3.05, 3.63) is 77.2 Å². The van der Waals surface area contributed by atoms with E-state index >= 15 is 0 Å². The predicted octanol–water partition coefficient (Wildman–Crippen LogP) is 4.11.